The fourth-order valence-corrected chi connectivity index (χ4v) is 2.84. The fourth-order valence-electron chi connectivity index (χ4n) is 1.63. The van der Waals surface area contributed by atoms with Crippen LogP contribution in [-0.2, 0) is 17.1 Å². The number of anilines is 2. The van der Waals surface area contributed by atoms with Crippen molar-refractivity contribution in [1.29, 1.82) is 0 Å². The predicted octanol–water partition coefficient (Wildman–Crippen LogP) is 1.25. The van der Waals surface area contributed by atoms with E-state index in [1.165, 1.54) is 16.9 Å². The van der Waals surface area contributed by atoms with Crippen LogP contribution in [0.15, 0.2) is 29.3 Å². The summed E-state index contributed by atoms with van der Waals surface area (Å²) in [5.74, 6) is -0.858. The number of nitrogen functional groups attached to an aromatic ring is 1. The summed E-state index contributed by atoms with van der Waals surface area (Å²) in [6.45, 7) is 1.65. The lowest BCUT2D eigenvalue weighted by molar-refractivity contribution is 0.570. The van der Waals surface area contributed by atoms with Crippen molar-refractivity contribution in [1.82, 2.24) is 9.78 Å². The molecule has 0 fully saturated rings. The zero-order chi connectivity index (χ0) is 14.2. The molecule has 0 aliphatic rings. The number of nitrogens with zero attached hydrogens (tertiary/aromatic N) is 2. The minimum atomic E-state index is -4.03. The second kappa shape index (κ2) is 4.54. The SMILES string of the molecule is Cc1nn(C)cc1NS(=O)(=O)c1cc(N)ccc1F. The van der Waals surface area contributed by atoms with Crippen molar-refractivity contribution in [3.63, 3.8) is 0 Å². The normalized spacial score (nSPS) is 11.5. The Morgan fingerprint density at radius 3 is 2.68 bits per heavy atom. The number of hydrogen-bond donors (Lipinski definition) is 2. The van der Waals surface area contributed by atoms with Crippen molar-refractivity contribution < 1.29 is 12.8 Å². The van der Waals surface area contributed by atoms with Gasteiger partial charge in [0.1, 0.15) is 10.7 Å². The van der Waals surface area contributed by atoms with Gasteiger partial charge in [0.05, 0.1) is 11.4 Å². The average molecular weight is 284 g/mol. The molecule has 1 heterocycles. The van der Waals surface area contributed by atoms with Gasteiger partial charge in [-0.2, -0.15) is 5.10 Å². The monoisotopic (exact) mass is 284 g/mol. The molecule has 8 heteroatoms. The van der Waals surface area contributed by atoms with Crippen molar-refractivity contribution in [3.8, 4) is 0 Å². The van der Waals surface area contributed by atoms with E-state index in [0.29, 0.717) is 11.4 Å². The van der Waals surface area contributed by atoms with Gasteiger partial charge in [0.25, 0.3) is 10.0 Å². The fraction of sp³-hybridized carbons (Fsp3) is 0.182. The molecular weight excluding hydrogens is 271 g/mol. The summed E-state index contributed by atoms with van der Waals surface area (Å²) in [5, 5.41) is 4.00. The number of halogens is 1. The van der Waals surface area contributed by atoms with E-state index >= 15 is 0 Å². The van der Waals surface area contributed by atoms with E-state index in [9.17, 15) is 12.8 Å². The van der Waals surface area contributed by atoms with Crippen molar-refractivity contribution in [2.75, 3.05) is 10.5 Å². The van der Waals surface area contributed by atoms with Gasteiger partial charge >= 0.3 is 0 Å². The topological polar surface area (TPSA) is 90.0 Å². The van der Waals surface area contributed by atoms with E-state index in [1.54, 1.807) is 14.0 Å². The Bertz CT molecular complexity index is 724. The Hall–Kier alpha value is -2.09. The van der Waals surface area contributed by atoms with Crippen LogP contribution in [0.3, 0.4) is 0 Å². The Kier molecular flexibility index (Phi) is 3.19. The molecule has 0 saturated carbocycles. The first-order chi connectivity index (χ1) is 8.79. The van der Waals surface area contributed by atoms with E-state index in [2.05, 4.69) is 9.82 Å². The molecule has 0 spiro atoms. The van der Waals surface area contributed by atoms with Gasteiger partial charge in [0.2, 0.25) is 0 Å². The van der Waals surface area contributed by atoms with Crippen LogP contribution in [0.25, 0.3) is 0 Å². The van der Waals surface area contributed by atoms with Gasteiger partial charge < -0.3 is 5.73 Å². The minimum Gasteiger partial charge on any atom is -0.399 e. The maximum atomic E-state index is 13.6. The maximum Gasteiger partial charge on any atom is 0.265 e. The Morgan fingerprint density at radius 1 is 1.42 bits per heavy atom. The summed E-state index contributed by atoms with van der Waals surface area (Å²) in [7, 11) is -2.38. The van der Waals surface area contributed by atoms with Crippen molar-refractivity contribution in [3.05, 3.63) is 35.9 Å². The van der Waals surface area contributed by atoms with Crippen molar-refractivity contribution in [2.45, 2.75) is 11.8 Å². The zero-order valence-corrected chi connectivity index (χ0v) is 11.2. The predicted molar refractivity (Wildman–Crippen MR) is 69.6 cm³/mol. The Labute approximate surface area is 110 Å². The first-order valence-electron chi connectivity index (χ1n) is 5.37. The molecule has 6 nitrogen and oxygen atoms in total. The summed E-state index contributed by atoms with van der Waals surface area (Å²) >= 11 is 0. The standard InChI is InChI=1S/C11H13FN4O2S/c1-7-10(6-16(2)14-7)15-19(17,18)11-5-8(13)3-4-9(11)12/h3-6,15H,13H2,1-2H3. The summed E-state index contributed by atoms with van der Waals surface area (Å²) in [6, 6.07) is 3.38. The van der Waals surface area contributed by atoms with Gasteiger partial charge in [-0.05, 0) is 25.1 Å². The highest BCUT2D eigenvalue weighted by atomic mass is 32.2. The average Bonchev–Trinajstić information content (AvgIpc) is 2.60. The summed E-state index contributed by atoms with van der Waals surface area (Å²) in [5.41, 5.74) is 6.44. The molecule has 0 saturated heterocycles. The highest BCUT2D eigenvalue weighted by molar-refractivity contribution is 7.92. The molecule has 0 atom stereocenters. The number of nitrogens with two attached hydrogens (primary N) is 1. The molecule has 0 aliphatic heterocycles. The number of sulfonamides is 1. The van der Waals surface area contributed by atoms with E-state index in [4.69, 9.17) is 5.73 Å². The third-order valence-corrected chi connectivity index (χ3v) is 3.88. The number of aromatic nitrogens is 2. The molecule has 0 radical (unpaired) electrons. The smallest absolute Gasteiger partial charge is 0.265 e. The van der Waals surface area contributed by atoms with E-state index in [1.807, 2.05) is 0 Å². The first kappa shape index (κ1) is 13.3. The number of nitrogens with one attached hydrogen (secondary N) is 1. The van der Waals surface area contributed by atoms with Gasteiger partial charge in [-0.3, -0.25) is 9.40 Å². The van der Waals surface area contributed by atoms with Gasteiger partial charge in [-0.15, -0.1) is 0 Å². The highest BCUT2D eigenvalue weighted by Gasteiger charge is 2.21. The van der Waals surface area contributed by atoms with Crippen LogP contribution in [-0.4, -0.2) is 18.2 Å². The second-order valence-electron chi connectivity index (χ2n) is 4.10. The third-order valence-electron chi connectivity index (χ3n) is 2.50. The van der Waals surface area contributed by atoms with Crippen LogP contribution in [0.5, 0.6) is 0 Å². The van der Waals surface area contributed by atoms with Gasteiger partial charge in [0.15, 0.2) is 0 Å². The number of rotatable bonds is 3. The molecule has 102 valence electrons. The zero-order valence-electron chi connectivity index (χ0n) is 10.4. The molecule has 2 rings (SSSR count). The first-order valence-corrected chi connectivity index (χ1v) is 6.86. The molecule has 1 aromatic carbocycles. The Balaban J connectivity index is 2.43. The van der Waals surface area contributed by atoms with Crippen LogP contribution >= 0.6 is 0 Å². The molecule has 1 aromatic heterocycles. The van der Waals surface area contributed by atoms with Gasteiger partial charge in [-0.1, -0.05) is 0 Å². The number of benzene rings is 1. The summed E-state index contributed by atoms with van der Waals surface area (Å²) in [6.07, 6.45) is 1.50. The van der Waals surface area contributed by atoms with E-state index < -0.39 is 20.7 Å². The molecule has 0 amide bonds. The molecule has 0 bridgehead atoms. The van der Waals surface area contributed by atoms with Crippen molar-refractivity contribution in [2.24, 2.45) is 7.05 Å². The van der Waals surface area contributed by atoms with E-state index in [0.717, 1.165) is 12.1 Å². The second-order valence-corrected chi connectivity index (χ2v) is 5.75. The maximum absolute atomic E-state index is 13.6. The molecule has 0 unspecified atom stereocenters. The van der Waals surface area contributed by atoms with Crippen LogP contribution in [0.2, 0.25) is 0 Å². The third kappa shape index (κ3) is 2.68. The molecule has 3 N–H and O–H groups in total. The lowest BCUT2D eigenvalue weighted by Crippen LogP contribution is -2.15. The molecule has 19 heavy (non-hydrogen) atoms. The van der Waals surface area contributed by atoms with Crippen LogP contribution in [0.1, 0.15) is 5.69 Å². The molecule has 2 aromatic rings. The van der Waals surface area contributed by atoms with Crippen LogP contribution < -0.4 is 10.5 Å². The number of aryl methyl sites for hydroxylation is 2. The largest absolute Gasteiger partial charge is 0.399 e. The van der Waals surface area contributed by atoms with Gasteiger partial charge in [-0.25, -0.2) is 12.8 Å². The van der Waals surface area contributed by atoms with Gasteiger partial charge in [0, 0.05) is 18.9 Å². The highest BCUT2D eigenvalue weighted by Crippen LogP contribution is 2.22. The molecule has 0 aliphatic carbocycles. The summed E-state index contributed by atoms with van der Waals surface area (Å²) in [4.78, 5) is -0.490. The lowest BCUT2D eigenvalue weighted by atomic mass is 10.3. The van der Waals surface area contributed by atoms with Crippen molar-refractivity contribution >= 4 is 21.4 Å². The lowest BCUT2D eigenvalue weighted by Gasteiger charge is -2.08. The van der Waals surface area contributed by atoms with E-state index in [-0.39, 0.29) is 5.69 Å². The minimum absolute atomic E-state index is 0.171. The Morgan fingerprint density at radius 2 is 2.11 bits per heavy atom. The number of hydrogen-bond acceptors (Lipinski definition) is 4. The van der Waals surface area contributed by atoms with Crippen LogP contribution in [0, 0.1) is 12.7 Å². The van der Waals surface area contributed by atoms with Crippen LogP contribution in [0.4, 0.5) is 15.8 Å². The summed E-state index contributed by atoms with van der Waals surface area (Å²) < 4.78 is 41.5. The quantitative estimate of drug-likeness (QED) is 0.830. The molecular formula is C11H13FN4O2S.